The number of rotatable bonds is 4. The Bertz CT molecular complexity index is 518. The van der Waals surface area contributed by atoms with Gasteiger partial charge in [-0.2, -0.15) is 0 Å². The Morgan fingerprint density at radius 2 is 1.74 bits per heavy atom. The van der Waals surface area contributed by atoms with Gasteiger partial charge >= 0.3 is 5.97 Å². The highest BCUT2D eigenvalue weighted by Crippen LogP contribution is 2.15. The summed E-state index contributed by atoms with van der Waals surface area (Å²) in [4.78, 5) is 36.0. The van der Waals surface area contributed by atoms with Crippen molar-refractivity contribution in [3.8, 4) is 0 Å². The lowest BCUT2D eigenvalue weighted by molar-refractivity contribution is -0.155. The molecule has 0 N–H and O–H groups in total. The molecule has 1 atom stereocenters. The van der Waals surface area contributed by atoms with Crippen LogP contribution in [0.2, 0.25) is 0 Å². The van der Waals surface area contributed by atoms with Crippen molar-refractivity contribution in [2.24, 2.45) is 0 Å². The molecular formula is C14H13NO4. The number of benzene rings is 1. The monoisotopic (exact) mass is 259 g/mol. The SMILES string of the molecule is COC(=O)[C@@H](Cc1ccccc1)N1C(=O)C=CC1=O. The number of esters is 1. The summed E-state index contributed by atoms with van der Waals surface area (Å²) in [5, 5.41) is 0. The molecule has 2 amide bonds. The largest absolute Gasteiger partial charge is 0.467 e. The van der Waals surface area contributed by atoms with Crippen LogP contribution in [-0.4, -0.2) is 35.8 Å². The Hall–Kier alpha value is -2.43. The van der Waals surface area contributed by atoms with Gasteiger partial charge in [-0.05, 0) is 5.56 Å². The molecular weight excluding hydrogens is 246 g/mol. The van der Waals surface area contributed by atoms with Crippen LogP contribution in [0.5, 0.6) is 0 Å². The van der Waals surface area contributed by atoms with E-state index in [1.54, 1.807) is 0 Å². The summed E-state index contributed by atoms with van der Waals surface area (Å²) in [5.74, 6) is -1.58. The van der Waals surface area contributed by atoms with Gasteiger partial charge < -0.3 is 4.74 Å². The standard InChI is InChI=1S/C14H13NO4/c1-19-14(18)11(9-10-5-3-2-4-6-10)15-12(16)7-8-13(15)17/h2-8,11H,9H2,1H3/t11-/m1/s1. The molecule has 0 fully saturated rings. The zero-order valence-electron chi connectivity index (χ0n) is 10.4. The third-order valence-corrected chi connectivity index (χ3v) is 2.90. The molecule has 98 valence electrons. The van der Waals surface area contributed by atoms with E-state index < -0.39 is 23.8 Å². The molecule has 0 bridgehead atoms. The highest BCUT2D eigenvalue weighted by molar-refractivity contribution is 6.14. The molecule has 1 aromatic rings. The average molecular weight is 259 g/mol. The molecule has 0 aliphatic carbocycles. The Kier molecular flexibility index (Phi) is 3.75. The van der Waals surface area contributed by atoms with Crippen LogP contribution in [0.3, 0.4) is 0 Å². The average Bonchev–Trinajstić information content (AvgIpc) is 2.76. The molecule has 19 heavy (non-hydrogen) atoms. The predicted octanol–water partition coefficient (Wildman–Crippen LogP) is 0.696. The molecule has 2 rings (SSSR count). The van der Waals surface area contributed by atoms with Crippen molar-refractivity contribution < 1.29 is 19.1 Å². The maximum atomic E-state index is 11.8. The fraction of sp³-hybridized carbons (Fsp3) is 0.214. The quantitative estimate of drug-likeness (QED) is 0.589. The van der Waals surface area contributed by atoms with Crippen LogP contribution >= 0.6 is 0 Å². The number of imide groups is 1. The molecule has 5 heteroatoms. The third-order valence-electron chi connectivity index (χ3n) is 2.90. The smallest absolute Gasteiger partial charge is 0.329 e. The van der Waals surface area contributed by atoms with E-state index in [-0.39, 0.29) is 6.42 Å². The Morgan fingerprint density at radius 3 is 2.26 bits per heavy atom. The number of amides is 2. The van der Waals surface area contributed by atoms with Crippen molar-refractivity contribution in [1.82, 2.24) is 4.90 Å². The first-order chi connectivity index (χ1) is 9.13. The number of ether oxygens (including phenoxy) is 1. The van der Waals surface area contributed by atoms with Crippen LogP contribution < -0.4 is 0 Å². The molecule has 0 spiro atoms. The fourth-order valence-corrected chi connectivity index (χ4v) is 1.97. The van der Waals surface area contributed by atoms with Crippen LogP contribution in [0.1, 0.15) is 5.56 Å². The first-order valence-electron chi connectivity index (χ1n) is 5.80. The minimum atomic E-state index is -0.928. The van der Waals surface area contributed by atoms with Crippen LogP contribution in [0.15, 0.2) is 42.5 Å². The van der Waals surface area contributed by atoms with Gasteiger partial charge in [-0.3, -0.25) is 14.5 Å². The van der Waals surface area contributed by atoms with Crippen molar-refractivity contribution >= 4 is 17.8 Å². The summed E-state index contributed by atoms with van der Waals surface area (Å²) in [6, 6.07) is 8.24. The molecule has 1 aromatic carbocycles. The van der Waals surface area contributed by atoms with Gasteiger partial charge in [-0.15, -0.1) is 0 Å². The Balaban J connectivity index is 2.24. The fourth-order valence-electron chi connectivity index (χ4n) is 1.97. The number of carbonyl (C=O) groups excluding carboxylic acids is 3. The minimum absolute atomic E-state index is 0.243. The Labute approximate surface area is 110 Å². The number of hydrogen-bond donors (Lipinski definition) is 0. The Morgan fingerprint density at radius 1 is 1.16 bits per heavy atom. The molecule has 0 saturated carbocycles. The van der Waals surface area contributed by atoms with Crippen molar-refractivity contribution in [3.05, 3.63) is 48.0 Å². The highest BCUT2D eigenvalue weighted by atomic mass is 16.5. The van der Waals surface area contributed by atoms with Crippen molar-refractivity contribution in [3.63, 3.8) is 0 Å². The maximum absolute atomic E-state index is 11.8. The lowest BCUT2D eigenvalue weighted by atomic mass is 10.0. The lowest BCUT2D eigenvalue weighted by Crippen LogP contribution is -2.46. The summed E-state index contributed by atoms with van der Waals surface area (Å²) >= 11 is 0. The third kappa shape index (κ3) is 2.70. The summed E-state index contributed by atoms with van der Waals surface area (Å²) in [7, 11) is 1.23. The van der Waals surface area contributed by atoms with Crippen molar-refractivity contribution in [1.29, 1.82) is 0 Å². The van der Waals surface area contributed by atoms with Crippen LogP contribution in [0.25, 0.3) is 0 Å². The highest BCUT2D eigenvalue weighted by Gasteiger charge is 2.36. The van der Waals surface area contributed by atoms with Gasteiger partial charge in [0.2, 0.25) is 0 Å². The van der Waals surface area contributed by atoms with E-state index in [2.05, 4.69) is 4.74 Å². The molecule has 0 unspecified atom stereocenters. The van der Waals surface area contributed by atoms with E-state index >= 15 is 0 Å². The number of nitrogens with zero attached hydrogens (tertiary/aromatic N) is 1. The van der Waals surface area contributed by atoms with Crippen molar-refractivity contribution in [2.75, 3.05) is 7.11 Å². The van der Waals surface area contributed by atoms with E-state index in [1.165, 1.54) is 7.11 Å². The van der Waals surface area contributed by atoms with Gasteiger partial charge in [-0.1, -0.05) is 30.3 Å². The van der Waals surface area contributed by atoms with Crippen molar-refractivity contribution in [2.45, 2.75) is 12.5 Å². The zero-order valence-corrected chi connectivity index (χ0v) is 10.4. The second-order valence-corrected chi connectivity index (χ2v) is 4.11. The summed E-state index contributed by atoms with van der Waals surface area (Å²) in [6.07, 6.45) is 2.55. The number of methoxy groups -OCH3 is 1. The molecule has 1 aliphatic heterocycles. The number of carbonyl (C=O) groups is 3. The second kappa shape index (κ2) is 5.48. The van der Waals surface area contributed by atoms with Gasteiger partial charge in [0.25, 0.3) is 11.8 Å². The predicted molar refractivity (Wildman–Crippen MR) is 66.9 cm³/mol. The summed E-state index contributed by atoms with van der Waals surface area (Å²) in [6.45, 7) is 0. The van der Waals surface area contributed by atoms with Gasteiger partial charge in [0.05, 0.1) is 7.11 Å². The minimum Gasteiger partial charge on any atom is -0.467 e. The van der Waals surface area contributed by atoms with E-state index in [1.807, 2.05) is 30.3 Å². The van der Waals surface area contributed by atoms with Gasteiger partial charge in [0.15, 0.2) is 0 Å². The van der Waals surface area contributed by atoms with Crippen LogP contribution in [-0.2, 0) is 25.5 Å². The first kappa shape index (κ1) is 13.0. The van der Waals surface area contributed by atoms with Crippen LogP contribution in [0, 0.1) is 0 Å². The van der Waals surface area contributed by atoms with E-state index in [0.717, 1.165) is 22.6 Å². The number of hydrogen-bond acceptors (Lipinski definition) is 4. The molecule has 1 heterocycles. The summed E-state index contributed by atoms with van der Waals surface area (Å²) in [5.41, 5.74) is 0.852. The first-order valence-corrected chi connectivity index (χ1v) is 5.80. The normalized spacial score (nSPS) is 15.7. The van der Waals surface area contributed by atoms with E-state index in [9.17, 15) is 14.4 Å². The summed E-state index contributed by atoms with van der Waals surface area (Å²) < 4.78 is 4.68. The van der Waals surface area contributed by atoms with Crippen LogP contribution in [0.4, 0.5) is 0 Å². The van der Waals surface area contributed by atoms with Gasteiger partial charge in [0, 0.05) is 18.6 Å². The molecule has 0 aromatic heterocycles. The lowest BCUT2D eigenvalue weighted by Gasteiger charge is -2.23. The second-order valence-electron chi connectivity index (χ2n) is 4.11. The van der Waals surface area contributed by atoms with E-state index in [4.69, 9.17) is 0 Å². The van der Waals surface area contributed by atoms with E-state index in [0.29, 0.717) is 0 Å². The van der Waals surface area contributed by atoms with Gasteiger partial charge in [0.1, 0.15) is 6.04 Å². The molecule has 5 nitrogen and oxygen atoms in total. The molecule has 1 aliphatic rings. The molecule has 0 radical (unpaired) electrons. The topological polar surface area (TPSA) is 63.7 Å². The zero-order chi connectivity index (χ0) is 13.8. The maximum Gasteiger partial charge on any atom is 0.329 e. The molecule has 0 saturated heterocycles. The van der Waals surface area contributed by atoms with Gasteiger partial charge in [-0.25, -0.2) is 4.79 Å².